The fourth-order valence-corrected chi connectivity index (χ4v) is 2.28. The minimum absolute atomic E-state index is 0.226. The number of fused-ring (bicyclic) bond motifs is 1. The van der Waals surface area contributed by atoms with Crippen LogP contribution in [-0.4, -0.2) is 20.8 Å². The normalized spacial score (nSPS) is 19.1. The number of aromatic nitrogens is 2. The molecule has 3 rings (SSSR count). The van der Waals surface area contributed by atoms with Crippen LogP contribution in [0.3, 0.4) is 0 Å². The third-order valence-corrected chi connectivity index (χ3v) is 3.33. The lowest BCUT2D eigenvalue weighted by Crippen LogP contribution is -2.22. The largest absolute Gasteiger partial charge is 0.393 e. The van der Waals surface area contributed by atoms with Crippen LogP contribution in [0.25, 0.3) is 11.3 Å². The molecular formula is C14H16N2O. The van der Waals surface area contributed by atoms with E-state index in [1.54, 1.807) is 0 Å². The van der Waals surface area contributed by atoms with Gasteiger partial charge in [-0.05, 0) is 13.3 Å². The van der Waals surface area contributed by atoms with Gasteiger partial charge in [0.1, 0.15) is 5.82 Å². The Kier molecular flexibility index (Phi) is 2.48. The van der Waals surface area contributed by atoms with Gasteiger partial charge in [-0.15, -0.1) is 0 Å². The lowest BCUT2D eigenvalue weighted by atomic mass is 10.1. The number of rotatable bonds is 1. The molecule has 1 aromatic heterocycles. The van der Waals surface area contributed by atoms with E-state index in [1.807, 2.05) is 0 Å². The fraction of sp³-hybridized carbons (Fsp3) is 0.357. The van der Waals surface area contributed by atoms with Crippen molar-refractivity contribution in [1.82, 2.24) is 9.55 Å². The van der Waals surface area contributed by atoms with Crippen LogP contribution in [0.4, 0.5) is 0 Å². The highest BCUT2D eigenvalue weighted by atomic mass is 16.3. The van der Waals surface area contributed by atoms with Gasteiger partial charge < -0.3 is 9.67 Å². The smallest absolute Gasteiger partial charge is 0.112 e. The summed E-state index contributed by atoms with van der Waals surface area (Å²) in [6.07, 6.45) is 3.37. The molecule has 1 aromatic carbocycles. The molecule has 2 aromatic rings. The molecule has 1 aliphatic heterocycles. The first kappa shape index (κ1) is 10.5. The predicted molar refractivity (Wildman–Crippen MR) is 66.7 cm³/mol. The molecular weight excluding hydrogens is 212 g/mol. The molecule has 0 radical (unpaired) electrons. The summed E-state index contributed by atoms with van der Waals surface area (Å²) in [6, 6.07) is 8.39. The van der Waals surface area contributed by atoms with Crippen LogP contribution >= 0.6 is 0 Å². The molecule has 0 bridgehead atoms. The maximum absolute atomic E-state index is 9.62. The number of aryl methyl sites for hydroxylation is 2. The molecule has 88 valence electrons. The maximum Gasteiger partial charge on any atom is 0.112 e. The molecule has 0 spiro atoms. The van der Waals surface area contributed by atoms with E-state index < -0.39 is 0 Å². The SMILES string of the molecule is Cc1ccc(-c2cn3c(n2)CC(O)CC3)cc1. The first-order chi connectivity index (χ1) is 8.22. The second kappa shape index (κ2) is 4.00. The Bertz CT molecular complexity index is 528. The van der Waals surface area contributed by atoms with Crippen molar-refractivity contribution in [3.05, 3.63) is 41.9 Å². The van der Waals surface area contributed by atoms with E-state index in [-0.39, 0.29) is 6.10 Å². The van der Waals surface area contributed by atoms with Crippen molar-refractivity contribution in [2.75, 3.05) is 0 Å². The monoisotopic (exact) mass is 228 g/mol. The van der Waals surface area contributed by atoms with Crippen molar-refractivity contribution in [2.24, 2.45) is 0 Å². The summed E-state index contributed by atoms with van der Waals surface area (Å²) in [6.45, 7) is 2.95. The van der Waals surface area contributed by atoms with E-state index in [1.165, 1.54) is 5.56 Å². The minimum atomic E-state index is -0.226. The van der Waals surface area contributed by atoms with Gasteiger partial charge in [0.2, 0.25) is 0 Å². The van der Waals surface area contributed by atoms with E-state index in [9.17, 15) is 5.11 Å². The number of aliphatic hydroxyl groups is 1. The van der Waals surface area contributed by atoms with Crippen molar-refractivity contribution in [2.45, 2.75) is 32.4 Å². The van der Waals surface area contributed by atoms with Gasteiger partial charge in [0.25, 0.3) is 0 Å². The number of hydrogen-bond donors (Lipinski definition) is 1. The molecule has 0 saturated heterocycles. The summed E-state index contributed by atoms with van der Waals surface area (Å²) in [5.74, 6) is 0.999. The molecule has 1 aliphatic rings. The number of hydrogen-bond acceptors (Lipinski definition) is 2. The molecule has 17 heavy (non-hydrogen) atoms. The number of benzene rings is 1. The van der Waals surface area contributed by atoms with E-state index in [0.29, 0.717) is 6.42 Å². The minimum Gasteiger partial charge on any atom is -0.393 e. The van der Waals surface area contributed by atoms with E-state index in [0.717, 1.165) is 30.0 Å². The van der Waals surface area contributed by atoms with Gasteiger partial charge in [0.05, 0.1) is 11.8 Å². The zero-order valence-electron chi connectivity index (χ0n) is 9.93. The first-order valence-electron chi connectivity index (χ1n) is 6.03. The Morgan fingerprint density at radius 3 is 2.82 bits per heavy atom. The molecule has 0 saturated carbocycles. The molecule has 1 unspecified atom stereocenters. The fourth-order valence-electron chi connectivity index (χ4n) is 2.28. The zero-order chi connectivity index (χ0) is 11.8. The topological polar surface area (TPSA) is 38.0 Å². The van der Waals surface area contributed by atoms with Crippen molar-refractivity contribution in [3.63, 3.8) is 0 Å². The van der Waals surface area contributed by atoms with Crippen LogP contribution in [0, 0.1) is 6.92 Å². The van der Waals surface area contributed by atoms with Gasteiger partial charge in [-0.25, -0.2) is 4.98 Å². The molecule has 2 heterocycles. The summed E-state index contributed by atoms with van der Waals surface area (Å²) in [4.78, 5) is 4.60. The molecule has 1 N–H and O–H groups in total. The summed E-state index contributed by atoms with van der Waals surface area (Å²) >= 11 is 0. The summed E-state index contributed by atoms with van der Waals surface area (Å²) < 4.78 is 2.15. The van der Waals surface area contributed by atoms with Gasteiger partial charge in [-0.1, -0.05) is 29.8 Å². The lowest BCUT2D eigenvalue weighted by molar-refractivity contribution is 0.141. The molecule has 0 amide bonds. The molecule has 0 aliphatic carbocycles. The molecule has 1 atom stereocenters. The van der Waals surface area contributed by atoms with E-state index >= 15 is 0 Å². The summed E-state index contributed by atoms with van der Waals surface area (Å²) in [5, 5.41) is 9.62. The first-order valence-corrected chi connectivity index (χ1v) is 6.03. The predicted octanol–water partition coefficient (Wildman–Crippen LogP) is 2.17. The Balaban J connectivity index is 1.97. The van der Waals surface area contributed by atoms with Crippen molar-refractivity contribution in [3.8, 4) is 11.3 Å². The molecule has 0 fully saturated rings. The number of nitrogens with zero attached hydrogens (tertiary/aromatic N) is 2. The van der Waals surface area contributed by atoms with Crippen molar-refractivity contribution < 1.29 is 5.11 Å². The van der Waals surface area contributed by atoms with Crippen LogP contribution in [-0.2, 0) is 13.0 Å². The molecule has 3 heteroatoms. The van der Waals surface area contributed by atoms with Gasteiger partial charge in [0, 0.05) is 24.7 Å². The highest BCUT2D eigenvalue weighted by Crippen LogP contribution is 2.22. The Morgan fingerprint density at radius 2 is 2.06 bits per heavy atom. The quantitative estimate of drug-likeness (QED) is 0.812. The van der Waals surface area contributed by atoms with Gasteiger partial charge in [-0.3, -0.25) is 0 Å². The average Bonchev–Trinajstić information content (AvgIpc) is 2.72. The highest BCUT2D eigenvalue weighted by Gasteiger charge is 2.18. The van der Waals surface area contributed by atoms with Crippen LogP contribution in [0.2, 0.25) is 0 Å². The Hall–Kier alpha value is -1.61. The number of aliphatic hydroxyl groups excluding tert-OH is 1. The lowest BCUT2D eigenvalue weighted by Gasteiger charge is -2.18. The van der Waals surface area contributed by atoms with Gasteiger partial charge in [-0.2, -0.15) is 0 Å². The third kappa shape index (κ3) is 1.98. The summed E-state index contributed by atoms with van der Waals surface area (Å²) in [7, 11) is 0. The van der Waals surface area contributed by atoms with E-state index in [2.05, 4.69) is 46.9 Å². The summed E-state index contributed by atoms with van der Waals surface area (Å²) in [5.41, 5.74) is 3.41. The number of imidazole rings is 1. The van der Waals surface area contributed by atoms with Gasteiger partial charge >= 0.3 is 0 Å². The van der Waals surface area contributed by atoms with Crippen LogP contribution in [0.5, 0.6) is 0 Å². The van der Waals surface area contributed by atoms with Crippen molar-refractivity contribution in [1.29, 1.82) is 0 Å². The van der Waals surface area contributed by atoms with Crippen LogP contribution in [0.15, 0.2) is 30.5 Å². The average molecular weight is 228 g/mol. The van der Waals surface area contributed by atoms with Crippen LogP contribution < -0.4 is 0 Å². The highest BCUT2D eigenvalue weighted by molar-refractivity contribution is 5.59. The van der Waals surface area contributed by atoms with Gasteiger partial charge in [0.15, 0.2) is 0 Å². The Morgan fingerprint density at radius 1 is 1.29 bits per heavy atom. The second-order valence-electron chi connectivity index (χ2n) is 4.75. The maximum atomic E-state index is 9.62. The standard InChI is InChI=1S/C14H16N2O/c1-10-2-4-11(5-3-10)13-9-16-7-6-12(17)8-14(16)15-13/h2-5,9,12,17H,6-8H2,1H3. The zero-order valence-corrected chi connectivity index (χ0v) is 9.93. The van der Waals surface area contributed by atoms with Crippen molar-refractivity contribution >= 4 is 0 Å². The second-order valence-corrected chi connectivity index (χ2v) is 4.75. The molecule has 3 nitrogen and oxygen atoms in total. The third-order valence-electron chi connectivity index (χ3n) is 3.33. The Labute approximate surface area is 101 Å². The van der Waals surface area contributed by atoms with E-state index in [4.69, 9.17) is 0 Å². The van der Waals surface area contributed by atoms with Crippen LogP contribution in [0.1, 0.15) is 17.8 Å².